The number of anilines is 2. The van der Waals surface area contributed by atoms with Crippen molar-refractivity contribution in [1.29, 1.82) is 5.26 Å². The number of methoxy groups -OCH3 is 3. The molecule has 7 heteroatoms. The lowest BCUT2D eigenvalue weighted by atomic mass is 10.2. The fraction of sp³-hybridized carbons (Fsp3) is 0.158. The van der Waals surface area contributed by atoms with Gasteiger partial charge in [0, 0.05) is 11.3 Å². The monoisotopic (exact) mass is 351 g/mol. The van der Waals surface area contributed by atoms with E-state index in [0.29, 0.717) is 23.0 Å². The maximum Gasteiger partial charge on any atom is 0.236 e. The van der Waals surface area contributed by atoms with Gasteiger partial charge in [-0.2, -0.15) is 10.2 Å². The molecule has 26 heavy (non-hydrogen) atoms. The van der Waals surface area contributed by atoms with E-state index in [-0.39, 0.29) is 11.6 Å². The molecule has 1 N–H and O–H groups in total. The number of nitrogens with zero attached hydrogens (tertiary/aromatic N) is 2. The van der Waals surface area contributed by atoms with E-state index in [1.54, 1.807) is 51.7 Å². The number of hydrogen-bond donors (Lipinski definition) is 1. The van der Waals surface area contributed by atoms with Crippen LogP contribution in [0.15, 0.2) is 46.9 Å². The van der Waals surface area contributed by atoms with Crippen molar-refractivity contribution in [2.75, 3.05) is 26.6 Å². The molecule has 0 bridgehead atoms. The zero-order valence-electron chi connectivity index (χ0n) is 14.6. The summed E-state index contributed by atoms with van der Waals surface area (Å²) in [5.74, 6) is 2.45. The Balaban J connectivity index is 1.92. The largest absolute Gasteiger partial charge is 0.497 e. The number of benzene rings is 2. The van der Waals surface area contributed by atoms with Gasteiger partial charge in [0.25, 0.3) is 0 Å². The smallest absolute Gasteiger partial charge is 0.236 e. The Morgan fingerprint density at radius 2 is 1.69 bits per heavy atom. The highest BCUT2D eigenvalue weighted by atomic mass is 16.5. The highest BCUT2D eigenvalue weighted by Gasteiger charge is 2.16. The molecule has 0 radical (unpaired) electrons. The minimum Gasteiger partial charge on any atom is -0.497 e. The Bertz CT molecular complexity index is 942. The second-order valence-electron chi connectivity index (χ2n) is 5.23. The molecule has 0 aliphatic carbocycles. The summed E-state index contributed by atoms with van der Waals surface area (Å²) in [6, 6.07) is 14.6. The SMILES string of the molecule is COc1ccc(Nc2oc(-c3ccc(OC)c(OC)c3)nc2C#N)cc1. The molecule has 0 saturated carbocycles. The van der Waals surface area contributed by atoms with Crippen molar-refractivity contribution in [3.63, 3.8) is 0 Å². The average molecular weight is 351 g/mol. The second-order valence-corrected chi connectivity index (χ2v) is 5.23. The van der Waals surface area contributed by atoms with Crippen molar-refractivity contribution in [3.05, 3.63) is 48.2 Å². The molecule has 0 fully saturated rings. The molecule has 1 aromatic heterocycles. The van der Waals surface area contributed by atoms with Gasteiger partial charge in [0.1, 0.15) is 11.8 Å². The van der Waals surface area contributed by atoms with E-state index < -0.39 is 0 Å². The summed E-state index contributed by atoms with van der Waals surface area (Å²) in [5, 5.41) is 12.4. The summed E-state index contributed by atoms with van der Waals surface area (Å²) in [6.45, 7) is 0. The zero-order chi connectivity index (χ0) is 18.5. The first kappa shape index (κ1) is 17.2. The lowest BCUT2D eigenvalue weighted by Crippen LogP contribution is -1.91. The Morgan fingerprint density at radius 3 is 2.31 bits per heavy atom. The fourth-order valence-electron chi connectivity index (χ4n) is 2.38. The number of nitrogens with one attached hydrogen (secondary N) is 1. The van der Waals surface area contributed by atoms with Crippen LogP contribution in [0, 0.1) is 11.3 Å². The predicted octanol–water partition coefficient (Wildman–Crippen LogP) is 3.98. The summed E-state index contributed by atoms with van der Waals surface area (Å²) in [7, 11) is 4.71. The van der Waals surface area contributed by atoms with E-state index in [4.69, 9.17) is 18.6 Å². The number of rotatable bonds is 6. The predicted molar refractivity (Wildman–Crippen MR) is 96.0 cm³/mol. The van der Waals surface area contributed by atoms with Gasteiger partial charge >= 0.3 is 0 Å². The van der Waals surface area contributed by atoms with Crippen LogP contribution in [0.5, 0.6) is 17.2 Å². The van der Waals surface area contributed by atoms with Crippen molar-refractivity contribution >= 4 is 11.6 Å². The molecular weight excluding hydrogens is 334 g/mol. The van der Waals surface area contributed by atoms with E-state index in [0.717, 1.165) is 11.4 Å². The first-order valence-electron chi connectivity index (χ1n) is 7.73. The highest BCUT2D eigenvalue weighted by Crippen LogP contribution is 2.34. The maximum absolute atomic E-state index is 9.34. The Hall–Kier alpha value is -3.66. The molecule has 0 spiro atoms. The van der Waals surface area contributed by atoms with Crippen molar-refractivity contribution in [2.24, 2.45) is 0 Å². The molecule has 1 heterocycles. The van der Waals surface area contributed by atoms with E-state index in [2.05, 4.69) is 10.3 Å². The van der Waals surface area contributed by atoms with Crippen LogP contribution in [0.4, 0.5) is 11.6 Å². The second kappa shape index (κ2) is 7.49. The quantitative estimate of drug-likeness (QED) is 0.718. The van der Waals surface area contributed by atoms with Crippen LogP contribution in [-0.4, -0.2) is 26.3 Å². The van der Waals surface area contributed by atoms with Crippen molar-refractivity contribution in [3.8, 4) is 34.8 Å². The van der Waals surface area contributed by atoms with Crippen LogP contribution in [0.1, 0.15) is 5.69 Å². The first-order chi connectivity index (χ1) is 12.7. The van der Waals surface area contributed by atoms with Gasteiger partial charge in [-0.15, -0.1) is 0 Å². The third-order valence-electron chi connectivity index (χ3n) is 3.71. The summed E-state index contributed by atoms with van der Waals surface area (Å²) in [5.41, 5.74) is 1.57. The van der Waals surface area contributed by atoms with Gasteiger partial charge < -0.3 is 23.9 Å². The molecular formula is C19H17N3O4. The molecule has 3 rings (SSSR count). The van der Waals surface area contributed by atoms with Gasteiger partial charge in [0.05, 0.1) is 21.3 Å². The van der Waals surface area contributed by atoms with Crippen LogP contribution < -0.4 is 19.5 Å². The van der Waals surface area contributed by atoms with Crippen LogP contribution in [0.3, 0.4) is 0 Å². The van der Waals surface area contributed by atoms with Gasteiger partial charge in [-0.25, -0.2) is 0 Å². The number of oxazole rings is 1. The van der Waals surface area contributed by atoms with Gasteiger partial charge in [0.15, 0.2) is 11.5 Å². The van der Waals surface area contributed by atoms with Crippen LogP contribution in [-0.2, 0) is 0 Å². The Labute approximate surface area is 150 Å². The van der Waals surface area contributed by atoms with Crippen molar-refractivity contribution < 1.29 is 18.6 Å². The number of ether oxygens (including phenoxy) is 3. The number of nitriles is 1. The third-order valence-corrected chi connectivity index (χ3v) is 3.71. The standard InChI is InChI=1S/C19H17N3O4/c1-23-14-7-5-13(6-8-14)21-19-15(11-20)22-18(26-19)12-4-9-16(24-2)17(10-12)25-3/h4-10,21H,1-3H3. The molecule has 2 aromatic carbocycles. The maximum atomic E-state index is 9.34. The van der Waals surface area contributed by atoms with Crippen LogP contribution in [0.25, 0.3) is 11.5 Å². The summed E-state index contributed by atoms with van der Waals surface area (Å²) < 4.78 is 21.4. The zero-order valence-corrected chi connectivity index (χ0v) is 14.6. The average Bonchev–Trinajstić information content (AvgIpc) is 3.10. The molecule has 0 atom stereocenters. The lowest BCUT2D eigenvalue weighted by Gasteiger charge is -2.07. The minimum absolute atomic E-state index is 0.158. The molecule has 0 aliphatic rings. The molecule has 0 unspecified atom stereocenters. The van der Waals surface area contributed by atoms with E-state index >= 15 is 0 Å². The number of hydrogen-bond acceptors (Lipinski definition) is 7. The molecule has 3 aromatic rings. The molecule has 7 nitrogen and oxygen atoms in total. The fourth-order valence-corrected chi connectivity index (χ4v) is 2.38. The molecule has 0 saturated heterocycles. The first-order valence-corrected chi connectivity index (χ1v) is 7.73. The van der Waals surface area contributed by atoms with Crippen molar-refractivity contribution in [2.45, 2.75) is 0 Å². The summed E-state index contributed by atoms with van der Waals surface area (Å²) >= 11 is 0. The Morgan fingerprint density at radius 1 is 0.962 bits per heavy atom. The molecule has 0 aliphatic heterocycles. The van der Waals surface area contributed by atoms with Crippen LogP contribution in [0.2, 0.25) is 0 Å². The van der Waals surface area contributed by atoms with Gasteiger partial charge in [-0.3, -0.25) is 0 Å². The van der Waals surface area contributed by atoms with Gasteiger partial charge in [0.2, 0.25) is 17.5 Å². The number of aromatic nitrogens is 1. The van der Waals surface area contributed by atoms with Gasteiger partial charge in [-0.1, -0.05) is 0 Å². The molecule has 0 amide bonds. The minimum atomic E-state index is 0.158. The van der Waals surface area contributed by atoms with E-state index in [1.807, 2.05) is 18.2 Å². The normalized spacial score (nSPS) is 10.1. The topological polar surface area (TPSA) is 89.5 Å². The van der Waals surface area contributed by atoms with Crippen molar-refractivity contribution in [1.82, 2.24) is 4.98 Å². The van der Waals surface area contributed by atoms with E-state index in [9.17, 15) is 5.26 Å². The van der Waals surface area contributed by atoms with Gasteiger partial charge in [-0.05, 0) is 42.5 Å². The van der Waals surface area contributed by atoms with Crippen LogP contribution >= 0.6 is 0 Å². The lowest BCUT2D eigenvalue weighted by molar-refractivity contribution is 0.355. The third kappa shape index (κ3) is 3.39. The van der Waals surface area contributed by atoms with E-state index in [1.165, 1.54) is 0 Å². The highest BCUT2D eigenvalue weighted by molar-refractivity contribution is 5.66. The molecule has 132 valence electrons. The summed E-state index contributed by atoms with van der Waals surface area (Å²) in [4.78, 5) is 4.25. The Kier molecular flexibility index (Phi) is 4.94. The summed E-state index contributed by atoms with van der Waals surface area (Å²) in [6.07, 6.45) is 0.